The maximum absolute atomic E-state index is 8.49. The predicted octanol–water partition coefficient (Wildman–Crippen LogP) is 0.618. The topological polar surface area (TPSA) is 62.2 Å². The largest absolute Gasteiger partial charge is 0.308 e. The van der Waals surface area contributed by atoms with Gasteiger partial charge in [-0.15, -0.1) is 0 Å². The Morgan fingerprint density at radius 2 is 2.50 bits per heavy atom. The average molecular weight is 156 g/mol. The van der Waals surface area contributed by atoms with E-state index in [-0.39, 0.29) is 0 Å². The van der Waals surface area contributed by atoms with E-state index in [2.05, 4.69) is 4.99 Å². The van der Waals surface area contributed by atoms with E-state index in [9.17, 15) is 0 Å². The van der Waals surface area contributed by atoms with E-state index >= 15 is 0 Å². The molecular formula is C6H6ClN3. The van der Waals surface area contributed by atoms with E-state index in [1.165, 1.54) is 18.5 Å². The number of nitrogens with zero attached hydrogens (tertiary/aromatic N) is 2. The summed E-state index contributed by atoms with van der Waals surface area (Å²) >= 11 is 5.72. The summed E-state index contributed by atoms with van der Waals surface area (Å²) < 4.78 is 0. The number of nitrogens with two attached hydrogens (primary N) is 1. The Morgan fingerprint density at radius 1 is 1.80 bits per heavy atom. The van der Waals surface area contributed by atoms with Crippen LogP contribution in [0.15, 0.2) is 17.3 Å². The lowest BCUT2D eigenvalue weighted by Crippen LogP contribution is -2.40. The molecular weight excluding hydrogens is 150 g/mol. The SMILES string of the molecule is N#CC1C=NC=CC1(N)Cl. The van der Waals surface area contributed by atoms with Crippen molar-refractivity contribution in [1.82, 2.24) is 0 Å². The third-order valence-corrected chi connectivity index (χ3v) is 1.63. The van der Waals surface area contributed by atoms with E-state index in [1.54, 1.807) is 0 Å². The predicted molar refractivity (Wildman–Crippen MR) is 39.5 cm³/mol. The zero-order chi connectivity index (χ0) is 7.61. The van der Waals surface area contributed by atoms with Gasteiger partial charge in [-0.3, -0.25) is 4.99 Å². The number of hydrogen-bond donors (Lipinski definition) is 1. The minimum atomic E-state index is -1.07. The molecule has 0 saturated carbocycles. The molecule has 1 aliphatic heterocycles. The first-order valence-electron chi connectivity index (χ1n) is 2.75. The first-order chi connectivity index (χ1) is 4.67. The molecule has 0 fully saturated rings. The Balaban J connectivity index is 2.87. The van der Waals surface area contributed by atoms with Gasteiger partial charge in [0.05, 0.1) is 6.07 Å². The standard InChI is InChI=1S/C6H6ClN3/c7-6(9)1-2-10-4-5(6)3-8/h1-2,4-5H,9H2. The van der Waals surface area contributed by atoms with Gasteiger partial charge in [-0.05, 0) is 6.08 Å². The second-order valence-electron chi connectivity index (χ2n) is 2.05. The third kappa shape index (κ3) is 1.18. The van der Waals surface area contributed by atoms with Crippen LogP contribution in [0.3, 0.4) is 0 Å². The molecule has 1 heterocycles. The zero-order valence-electron chi connectivity index (χ0n) is 5.16. The van der Waals surface area contributed by atoms with E-state index in [0.29, 0.717) is 0 Å². The number of nitriles is 1. The van der Waals surface area contributed by atoms with Crippen LogP contribution in [0.1, 0.15) is 0 Å². The highest BCUT2D eigenvalue weighted by Crippen LogP contribution is 2.21. The highest BCUT2D eigenvalue weighted by molar-refractivity contribution is 6.26. The fourth-order valence-corrected chi connectivity index (χ4v) is 0.805. The molecule has 52 valence electrons. The Morgan fingerprint density at radius 3 is 2.90 bits per heavy atom. The molecule has 10 heavy (non-hydrogen) atoms. The molecule has 0 radical (unpaired) electrons. The van der Waals surface area contributed by atoms with E-state index in [0.717, 1.165) is 0 Å². The van der Waals surface area contributed by atoms with Gasteiger partial charge in [0.25, 0.3) is 0 Å². The van der Waals surface area contributed by atoms with Gasteiger partial charge < -0.3 is 5.73 Å². The van der Waals surface area contributed by atoms with Crippen LogP contribution in [-0.2, 0) is 0 Å². The smallest absolute Gasteiger partial charge is 0.132 e. The molecule has 2 unspecified atom stereocenters. The molecule has 4 heteroatoms. The molecule has 0 bridgehead atoms. The van der Waals surface area contributed by atoms with Crippen molar-refractivity contribution in [3.63, 3.8) is 0 Å². The van der Waals surface area contributed by atoms with Gasteiger partial charge in [-0.1, -0.05) is 11.6 Å². The average Bonchev–Trinajstić information content (AvgIpc) is 1.87. The number of aliphatic imine (C=N–C) groups is 1. The second-order valence-corrected chi connectivity index (χ2v) is 2.70. The monoisotopic (exact) mass is 155 g/mol. The summed E-state index contributed by atoms with van der Waals surface area (Å²) in [6, 6.07) is 1.94. The fraction of sp³-hybridized carbons (Fsp3) is 0.333. The molecule has 3 nitrogen and oxygen atoms in total. The van der Waals surface area contributed by atoms with Crippen LogP contribution in [-0.4, -0.2) is 11.2 Å². The van der Waals surface area contributed by atoms with Crippen LogP contribution < -0.4 is 5.73 Å². The highest BCUT2D eigenvalue weighted by Gasteiger charge is 2.30. The molecule has 2 atom stereocenters. The van der Waals surface area contributed by atoms with E-state index in [4.69, 9.17) is 22.6 Å². The lowest BCUT2D eigenvalue weighted by molar-refractivity contribution is 0.664. The molecule has 1 aliphatic rings. The van der Waals surface area contributed by atoms with Crippen molar-refractivity contribution >= 4 is 17.8 Å². The summed E-state index contributed by atoms with van der Waals surface area (Å²) in [5.41, 5.74) is 5.50. The molecule has 0 amide bonds. The zero-order valence-corrected chi connectivity index (χ0v) is 5.92. The molecule has 0 aromatic heterocycles. The first-order valence-corrected chi connectivity index (χ1v) is 3.13. The van der Waals surface area contributed by atoms with E-state index < -0.39 is 10.9 Å². The van der Waals surface area contributed by atoms with Crippen molar-refractivity contribution in [3.8, 4) is 6.07 Å². The number of rotatable bonds is 0. The molecule has 0 aromatic carbocycles. The molecule has 0 aliphatic carbocycles. The lowest BCUT2D eigenvalue weighted by atomic mass is 10.0. The van der Waals surface area contributed by atoms with Gasteiger partial charge in [0, 0.05) is 12.4 Å². The molecule has 1 rings (SSSR count). The summed E-state index contributed by atoms with van der Waals surface area (Å²) in [6.45, 7) is 0. The van der Waals surface area contributed by atoms with Gasteiger partial charge in [-0.2, -0.15) is 5.26 Å². The Kier molecular flexibility index (Phi) is 1.75. The second kappa shape index (κ2) is 2.41. The van der Waals surface area contributed by atoms with Crippen molar-refractivity contribution in [1.29, 1.82) is 5.26 Å². The number of alkyl halides is 1. The van der Waals surface area contributed by atoms with Crippen molar-refractivity contribution in [2.75, 3.05) is 0 Å². The van der Waals surface area contributed by atoms with Crippen LogP contribution >= 0.6 is 11.6 Å². The minimum Gasteiger partial charge on any atom is -0.308 e. The Hall–Kier alpha value is -0.850. The summed E-state index contributed by atoms with van der Waals surface area (Å²) in [5.74, 6) is -0.529. The number of halogens is 1. The quantitative estimate of drug-likeness (QED) is 0.412. The fourth-order valence-electron chi connectivity index (χ4n) is 0.643. The summed E-state index contributed by atoms with van der Waals surface area (Å²) in [7, 11) is 0. The molecule has 0 saturated heterocycles. The highest BCUT2D eigenvalue weighted by atomic mass is 35.5. The van der Waals surface area contributed by atoms with Crippen LogP contribution in [0, 0.1) is 17.2 Å². The van der Waals surface area contributed by atoms with Crippen LogP contribution in [0.25, 0.3) is 0 Å². The lowest BCUT2D eigenvalue weighted by Gasteiger charge is -2.21. The Bertz CT molecular complexity index is 224. The minimum absolute atomic E-state index is 0.529. The summed E-state index contributed by atoms with van der Waals surface area (Å²) in [5, 5.41) is 8.49. The van der Waals surface area contributed by atoms with Crippen LogP contribution in [0.4, 0.5) is 0 Å². The van der Waals surface area contributed by atoms with E-state index in [1.807, 2.05) is 6.07 Å². The summed E-state index contributed by atoms with van der Waals surface area (Å²) in [6.07, 6.45) is 4.43. The van der Waals surface area contributed by atoms with Crippen molar-refractivity contribution < 1.29 is 0 Å². The maximum Gasteiger partial charge on any atom is 0.132 e. The van der Waals surface area contributed by atoms with Crippen molar-refractivity contribution in [2.24, 2.45) is 16.6 Å². The third-order valence-electron chi connectivity index (χ3n) is 1.27. The van der Waals surface area contributed by atoms with Crippen molar-refractivity contribution in [2.45, 2.75) is 5.00 Å². The maximum atomic E-state index is 8.49. The van der Waals surface area contributed by atoms with Gasteiger partial charge in [0.1, 0.15) is 10.9 Å². The normalized spacial score (nSPS) is 37.5. The Labute approximate surface area is 63.8 Å². The van der Waals surface area contributed by atoms with Crippen LogP contribution in [0.2, 0.25) is 0 Å². The summed E-state index contributed by atoms with van der Waals surface area (Å²) in [4.78, 5) is 2.66. The van der Waals surface area contributed by atoms with Gasteiger partial charge in [-0.25, -0.2) is 0 Å². The molecule has 0 spiro atoms. The van der Waals surface area contributed by atoms with Gasteiger partial charge in [0.2, 0.25) is 0 Å². The number of hydrogen-bond acceptors (Lipinski definition) is 3. The van der Waals surface area contributed by atoms with Gasteiger partial charge >= 0.3 is 0 Å². The first kappa shape index (κ1) is 7.26. The molecule has 0 aromatic rings. The van der Waals surface area contributed by atoms with Crippen LogP contribution in [0.5, 0.6) is 0 Å². The van der Waals surface area contributed by atoms with Gasteiger partial charge in [0.15, 0.2) is 0 Å². The molecule has 2 N–H and O–H groups in total. The van der Waals surface area contributed by atoms with Crippen molar-refractivity contribution in [3.05, 3.63) is 12.3 Å².